The quantitative estimate of drug-likeness (QED) is 0.195. The molecule has 0 fully saturated rings. The van der Waals surface area contributed by atoms with Crippen molar-refractivity contribution in [2.45, 2.75) is 52.2 Å². The van der Waals surface area contributed by atoms with Crippen LogP contribution < -0.4 is 0 Å². The van der Waals surface area contributed by atoms with E-state index >= 15 is 0 Å². The summed E-state index contributed by atoms with van der Waals surface area (Å²) in [4.78, 5) is 30.7. The predicted octanol–water partition coefficient (Wildman–Crippen LogP) is 6.33. The summed E-state index contributed by atoms with van der Waals surface area (Å²) in [6.07, 6.45) is 4.99. The van der Waals surface area contributed by atoms with E-state index in [1.165, 1.54) is 5.56 Å². The Morgan fingerprint density at radius 3 is 1.92 bits per heavy atom. The Bertz CT molecular complexity index is 1290. The van der Waals surface area contributed by atoms with Gasteiger partial charge in [0, 0.05) is 37.9 Å². The Morgan fingerprint density at radius 1 is 0.667 bits per heavy atom. The number of aromatic nitrogens is 1. The molecule has 202 valence electrons. The van der Waals surface area contributed by atoms with Gasteiger partial charge in [0.25, 0.3) is 0 Å². The van der Waals surface area contributed by atoms with Crippen LogP contribution in [0.2, 0.25) is 0 Å². The van der Waals surface area contributed by atoms with Crippen molar-refractivity contribution < 1.29 is 9.59 Å². The van der Waals surface area contributed by atoms with Crippen LogP contribution >= 0.6 is 0 Å². The van der Waals surface area contributed by atoms with Crippen LogP contribution in [0.4, 0.5) is 0 Å². The number of hydrogen-bond acceptors (Lipinski definition) is 2. The van der Waals surface area contributed by atoms with Gasteiger partial charge in [-0.3, -0.25) is 9.59 Å². The van der Waals surface area contributed by atoms with Gasteiger partial charge < -0.3 is 14.4 Å². The Labute approximate surface area is 232 Å². The first-order valence-electron chi connectivity index (χ1n) is 13.9. The first-order chi connectivity index (χ1) is 19.1. The van der Waals surface area contributed by atoms with Crippen molar-refractivity contribution in [3.05, 3.63) is 132 Å². The van der Waals surface area contributed by atoms with Crippen molar-refractivity contribution >= 4 is 11.8 Å². The fraction of sp³-hybridized carbons (Fsp3) is 0.294. The number of carbonyl (C=O) groups excluding carboxylic acids is 2. The lowest BCUT2D eigenvalue weighted by atomic mass is 10.1. The van der Waals surface area contributed by atoms with E-state index in [1.54, 1.807) is 4.90 Å². The van der Waals surface area contributed by atoms with Crippen molar-refractivity contribution in [1.82, 2.24) is 14.4 Å². The van der Waals surface area contributed by atoms with Gasteiger partial charge in [0.15, 0.2) is 0 Å². The number of unbranched alkanes of at least 4 members (excludes halogenated alkanes) is 1. The molecule has 0 spiro atoms. The fourth-order valence-corrected chi connectivity index (χ4v) is 4.72. The molecule has 0 N–H and O–H groups in total. The van der Waals surface area contributed by atoms with Crippen molar-refractivity contribution in [2.75, 3.05) is 13.1 Å². The second-order valence-corrected chi connectivity index (χ2v) is 10.0. The smallest absolute Gasteiger partial charge is 0.242 e. The molecule has 0 saturated carbocycles. The van der Waals surface area contributed by atoms with Gasteiger partial charge >= 0.3 is 0 Å². The minimum atomic E-state index is -0.0320. The van der Waals surface area contributed by atoms with Crippen molar-refractivity contribution in [3.8, 4) is 0 Å². The lowest BCUT2D eigenvalue weighted by Crippen LogP contribution is -2.43. The monoisotopic (exact) mass is 521 g/mol. The molecule has 0 radical (unpaired) electrons. The zero-order valence-corrected chi connectivity index (χ0v) is 22.9. The number of rotatable bonds is 14. The Kier molecular flexibility index (Phi) is 10.5. The van der Waals surface area contributed by atoms with Crippen molar-refractivity contribution in [3.63, 3.8) is 0 Å². The van der Waals surface area contributed by atoms with E-state index in [1.807, 2.05) is 89.8 Å². The van der Waals surface area contributed by atoms with Gasteiger partial charge in [0.1, 0.15) is 0 Å². The number of aryl methyl sites for hydroxylation is 1. The highest BCUT2D eigenvalue weighted by molar-refractivity contribution is 5.85. The summed E-state index contributed by atoms with van der Waals surface area (Å²) < 4.78 is 2.19. The van der Waals surface area contributed by atoms with E-state index in [2.05, 4.69) is 35.9 Å². The molecule has 0 aliphatic rings. The predicted molar refractivity (Wildman–Crippen MR) is 157 cm³/mol. The van der Waals surface area contributed by atoms with E-state index in [-0.39, 0.29) is 18.4 Å². The van der Waals surface area contributed by atoms with Gasteiger partial charge in [0.05, 0.1) is 13.1 Å². The lowest BCUT2D eigenvalue weighted by Gasteiger charge is -2.28. The van der Waals surface area contributed by atoms with Gasteiger partial charge in [-0.1, -0.05) is 104 Å². The normalized spacial score (nSPS) is 10.8. The summed E-state index contributed by atoms with van der Waals surface area (Å²) in [5, 5.41) is 0. The van der Waals surface area contributed by atoms with Crippen LogP contribution in [0.1, 0.15) is 48.6 Å². The summed E-state index contributed by atoms with van der Waals surface area (Å²) >= 11 is 0. The molecule has 4 rings (SSSR count). The van der Waals surface area contributed by atoms with Gasteiger partial charge in [-0.2, -0.15) is 0 Å². The second kappa shape index (κ2) is 14.7. The molecule has 1 heterocycles. The fourth-order valence-electron chi connectivity index (χ4n) is 4.72. The van der Waals surface area contributed by atoms with Gasteiger partial charge in [0.2, 0.25) is 11.8 Å². The van der Waals surface area contributed by atoms with Crippen LogP contribution in [-0.4, -0.2) is 39.3 Å². The SMILES string of the molecule is CCCCN(CC(=O)N(Cc1ccccc1)Cc1cccn1Cc1ccccc1)C(=O)CCc1ccccc1. The molecule has 5 nitrogen and oxygen atoms in total. The zero-order chi connectivity index (χ0) is 27.3. The molecular weight excluding hydrogens is 482 g/mol. The number of nitrogens with zero attached hydrogens (tertiary/aromatic N) is 3. The van der Waals surface area contributed by atoms with Crippen LogP contribution in [0.3, 0.4) is 0 Å². The highest BCUT2D eigenvalue weighted by atomic mass is 16.2. The van der Waals surface area contributed by atoms with Crippen LogP contribution in [0, 0.1) is 0 Å². The molecule has 0 unspecified atom stereocenters. The number of amides is 2. The summed E-state index contributed by atoms with van der Waals surface area (Å²) in [5.41, 5.74) is 4.49. The Hall–Kier alpha value is -4.12. The van der Waals surface area contributed by atoms with Crippen LogP contribution in [0.25, 0.3) is 0 Å². The number of hydrogen-bond donors (Lipinski definition) is 0. The zero-order valence-electron chi connectivity index (χ0n) is 22.9. The summed E-state index contributed by atoms with van der Waals surface area (Å²) in [6.45, 7) is 4.52. The lowest BCUT2D eigenvalue weighted by molar-refractivity contribution is -0.141. The van der Waals surface area contributed by atoms with Gasteiger partial charge in [-0.15, -0.1) is 0 Å². The van der Waals surface area contributed by atoms with Gasteiger partial charge in [-0.25, -0.2) is 0 Å². The molecule has 1 aromatic heterocycles. The van der Waals surface area contributed by atoms with Crippen molar-refractivity contribution in [2.24, 2.45) is 0 Å². The number of carbonyl (C=O) groups is 2. The Morgan fingerprint density at radius 2 is 1.28 bits per heavy atom. The number of benzene rings is 3. The maximum Gasteiger partial charge on any atom is 0.242 e. The third-order valence-electron chi connectivity index (χ3n) is 6.97. The van der Waals surface area contributed by atoms with Crippen molar-refractivity contribution in [1.29, 1.82) is 0 Å². The summed E-state index contributed by atoms with van der Waals surface area (Å²) in [5.74, 6) is 0.00300. The first kappa shape index (κ1) is 27.9. The Balaban J connectivity index is 1.49. The first-order valence-corrected chi connectivity index (χ1v) is 13.9. The van der Waals surface area contributed by atoms with E-state index in [0.29, 0.717) is 32.5 Å². The van der Waals surface area contributed by atoms with E-state index in [0.717, 1.165) is 36.2 Å². The molecule has 4 aromatic rings. The highest BCUT2D eigenvalue weighted by Gasteiger charge is 2.22. The highest BCUT2D eigenvalue weighted by Crippen LogP contribution is 2.15. The molecule has 5 heteroatoms. The largest absolute Gasteiger partial charge is 0.345 e. The second-order valence-electron chi connectivity index (χ2n) is 10.0. The molecule has 2 amide bonds. The standard InChI is InChI=1S/C34H39N3O2/c1-2-3-23-36(33(38)22-21-29-14-7-4-8-15-29)28-34(39)37(26-31-18-11-6-12-19-31)27-32-20-13-24-35(32)25-30-16-9-5-10-17-30/h4-20,24H,2-3,21-23,25-28H2,1H3. The minimum Gasteiger partial charge on any atom is -0.345 e. The molecule has 0 aliphatic carbocycles. The molecule has 3 aromatic carbocycles. The molecular formula is C34H39N3O2. The van der Waals surface area contributed by atoms with Crippen LogP contribution in [0.5, 0.6) is 0 Å². The maximum atomic E-state index is 13.8. The third kappa shape index (κ3) is 8.71. The average molecular weight is 522 g/mol. The average Bonchev–Trinajstić information content (AvgIpc) is 3.41. The van der Waals surface area contributed by atoms with Crippen LogP contribution in [-0.2, 0) is 35.6 Å². The topological polar surface area (TPSA) is 45.6 Å². The molecule has 0 aliphatic heterocycles. The summed E-state index contributed by atoms with van der Waals surface area (Å²) in [6, 6.07) is 34.6. The van der Waals surface area contributed by atoms with Gasteiger partial charge in [-0.05, 0) is 41.7 Å². The molecule has 39 heavy (non-hydrogen) atoms. The van der Waals surface area contributed by atoms with Crippen LogP contribution in [0.15, 0.2) is 109 Å². The summed E-state index contributed by atoms with van der Waals surface area (Å²) in [7, 11) is 0. The van der Waals surface area contributed by atoms with E-state index in [4.69, 9.17) is 0 Å². The van der Waals surface area contributed by atoms with E-state index < -0.39 is 0 Å². The third-order valence-corrected chi connectivity index (χ3v) is 6.97. The molecule has 0 bridgehead atoms. The maximum absolute atomic E-state index is 13.8. The molecule has 0 saturated heterocycles. The molecule has 0 atom stereocenters. The minimum absolute atomic E-state index is 0.0320. The van der Waals surface area contributed by atoms with E-state index in [9.17, 15) is 9.59 Å².